The largest absolute Gasteiger partial charge is 0.214 e. The van der Waals surface area contributed by atoms with Crippen molar-refractivity contribution in [3.63, 3.8) is 0 Å². The molecule has 0 aliphatic heterocycles. The van der Waals surface area contributed by atoms with Crippen molar-refractivity contribution in [2.45, 2.75) is 26.3 Å². The fourth-order valence-electron chi connectivity index (χ4n) is 1.63. The molecule has 18 heavy (non-hydrogen) atoms. The normalized spacial score (nSPS) is 13.9. The van der Waals surface area contributed by atoms with Gasteiger partial charge >= 0.3 is 0 Å². The lowest BCUT2D eigenvalue weighted by molar-refractivity contribution is 0.395. The van der Waals surface area contributed by atoms with Crippen LogP contribution in [0.1, 0.15) is 31.9 Å². The van der Waals surface area contributed by atoms with E-state index in [0.29, 0.717) is 12.0 Å². The topological polar surface area (TPSA) is 37.4 Å². The molecule has 0 saturated carbocycles. The molecule has 1 unspecified atom stereocenters. The third-order valence-corrected chi connectivity index (χ3v) is 4.99. The molecule has 0 spiro atoms. The van der Waals surface area contributed by atoms with E-state index in [1.165, 1.54) is 17.4 Å². The third-order valence-electron chi connectivity index (χ3n) is 2.87. The number of hydrogen-bond donors (Lipinski definition) is 0. The van der Waals surface area contributed by atoms with Gasteiger partial charge in [0.2, 0.25) is 10.0 Å². The predicted octanol–water partition coefficient (Wildman–Crippen LogP) is 2.70. The number of rotatable bonds is 5. The minimum Gasteiger partial charge on any atom is -0.212 e. The zero-order chi connectivity index (χ0) is 13.9. The fourth-order valence-corrected chi connectivity index (χ4v) is 3.03. The Hall–Kier alpha value is -1.01. The van der Waals surface area contributed by atoms with E-state index in [9.17, 15) is 17.2 Å². The van der Waals surface area contributed by atoms with Crippen molar-refractivity contribution >= 4 is 10.0 Å². The van der Waals surface area contributed by atoms with Crippen molar-refractivity contribution in [2.75, 3.05) is 12.8 Å². The Bertz CT molecular complexity index is 517. The highest BCUT2D eigenvalue weighted by Gasteiger charge is 2.23. The summed E-state index contributed by atoms with van der Waals surface area (Å²) in [5, 5.41) is 0. The van der Waals surface area contributed by atoms with Crippen molar-refractivity contribution in [3.8, 4) is 0 Å². The molecule has 0 bridgehead atoms. The number of benzene rings is 1. The molecular formula is C12H17F2NO2S. The number of halogens is 2. The Morgan fingerprint density at radius 3 is 2.39 bits per heavy atom. The summed E-state index contributed by atoms with van der Waals surface area (Å²) in [5.41, 5.74) is 0.427. The molecule has 0 heterocycles. The third kappa shape index (κ3) is 3.26. The van der Waals surface area contributed by atoms with E-state index in [1.807, 2.05) is 0 Å². The average molecular weight is 277 g/mol. The van der Waals surface area contributed by atoms with E-state index in [2.05, 4.69) is 0 Å². The Kier molecular flexibility index (Phi) is 4.81. The van der Waals surface area contributed by atoms with Crippen LogP contribution in [-0.2, 0) is 10.0 Å². The van der Waals surface area contributed by atoms with Crippen LogP contribution >= 0.6 is 0 Å². The molecule has 1 aromatic carbocycles. The van der Waals surface area contributed by atoms with E-state index in [-0.39, 0.29) is 5.75 Å². The lowest BCUT2D eigenvalue weighted by atomic mass is 10.1. The Balaban J connectivity index is 2.99. The van der Waals surface area contributed by atoms with Gasteiger partial charge in [-0.3, -0.25) is 0 Å². The Labute approximate surface area is 106 Å². The summed E-state index contributed by atoms with van der Waals surface area (Å²) in [6, 6.07) is 2.89. The van der Waals surface area contributed by atoms with Crippen LogP contribution in [-0.4, -0.2) is 25.5 Å². The van der Waals surface area contributed by atoms with Crippen LogP contribution in [0.15, 0.2) is 18.2 Å². The number of hydrogen-bond acceptors (Lipinski definition) is 2. The minimum atomic E-state index is -3.36. The summed E-state index contributed by atoms with van der Waals surface area (Å²) in [4.78, 5) is 0. The van der Waals surface area contributed by atoms with Crippen LogP contribution in [0.25, 0.3) is 0 Å². The van der Waals surface area contributed by atoms with E-state index < -0.39 is 27.7 Å². The molecule has 0 saturated heterocycles. The minimum absolute atomic E-state index is 0.0392. The standard InChI is InChI=1S/C12H17F2NO2S/c1-4-7-18(16,17)15(3)9(2)10-5-6-11(13)12(14)8-10/h5-6,8-9H,4,7H2,1-3H3. The average Bonchev–Trinajstić information content (AvgIpc) is 2.30. The molecule has 3 nitrogen and oxygen atoms in total. The quantitative estimate of drug-likeness (QED) is 0.830. The Morgan fingerprint density at radius 2 is 1.89 bits per heavy atom. The van der Waals surface area contributed by atoms with E-state index in [1.54, 1.807) is 13.8 Å². The maximum atomic E-state index is 13.1. The number of nitrogens with zero attached hydrogens (tertiary/aromatic N) is 1. The molecule has 0 aliphatic carbocycles. The molecule has 0 N–H and O–H groups in total. The van der Waals surface area contributed by atoms with E-state index >= 15 is 0 Å². The molecule has 0 aliphatic rings. The molecule has 6 heteroatoms. The lowest BCUT2D eigenvalue weighted by Gasteiger charge is -2.24. The SMILES string of the molecule is CCCS(=O)(=O)N(C)C(C)c1ccc(F)c(F)c1. The van der Waals surface area contributed by atoms with Crippen LogP contribution in [0.2, 0.25) is 0 Å². The van der Waals surface area contributed by atoms with Gasteiger partial charge in [-0.15, -0.1) is 0 Å². The van der Waals surface area contributed by atoms with Gasteiger partial charge < -0.3 is 0 Å². The molecule has 102 valence electrons. The molecule has 1 atom stereocenters. The highest BCUT2D eigenvalue weighted by Crippen LogP contribution is 2.23. The summed E-state index contributed by atoms with van der Waals surface area (Å²) in [6.07, 6.45) is 0.511. The summed E-state index contributed by atoms with van der Waals surface area (Å²) in [5.74, 6) is -1.87. The second-order valence-corrected chi connectivity index (χ2v) is 6.33. The second-order valence-electron chi connectivity index (χ2n) is 4.18. The number of sulfonamides is 1. The van der Waals surface area contributed by atoms with Gasteiger partial charge in [0, 0.05) is 13.1 Å². The molecule has 0 aromatic heterocycles. The van der Waals surface area contributed by atoms with Crippen molar-refractivity contribution in [3.05, 3.63) is 35.4 Å². The first-order chi connectivity index (χ1) is 8.29. The van der Waals surface area contributed by atoms with Gasteiger partial charge in [0.1, 0.15) is 0 Å². The lowest BCUT2D eigenvalue weighted by Crippen LogP contribution is -2.31. The van der Waals surface area contributed by atoms with Crippen molar-refractivity contribution in [2.24, 2.45) is 0 Å². The maximum Gasteiger partial charge on any atom is 0.214 e. The van der Waals surface area contributed by atoms with Gasteiger partial charge in [-0.1, -0.05) is 13.0 Å². The monoisotopic (exact) mass is 277 g/mol. The maximum absolute atomic E-state index is 13.1. The molecule has 0 radical (unpaired) electrons. The Morgan fingerprint density at radius 1 is 1.28 bits per heavy atom. The van der Waals surface area contributed by atoms with Gasteiger partial charge in [0.25, 0.3) is 0 Å². The van der Waals surface area contributed by atoms with Crippen LogP contribution in [0.4, 0.5) is 8.78 Å². The van der Waals surface area contributed by atoms with Crippen molar-refractivity contribution in [1.29, 1.82) is 0 Å². The van der Waals surface area contributed by atoms with Gasteiger partial charge in [0.15, 0.2) is 11.6 Å². The zero-order valence-corrected chi connectivity index (χ0v) is 11.5. The van der Waals surface area contributed by atoms with Gasteiger partial charge in [-0.25, -0.2) is 17.2 Å². The van der Waals surface area contributed by atoms with E-state index in [0.717, 1.165) is 12.1 Å². The molecule has 1 rings (SSSR count). The van der Waals surface area contributed by atoms with Crippen molar-refractivity contribution < 1.29 is 17.2 Å². The highest BCUT2D eigenvalue weighted by atomic mass is 32.2. The molecule has 1 aromatic rings. The van der Waals surface area contributed by atoms with Gasteiger partial charge in [0.05, 0.1) is 5.75 Å². The van der Waals surface area contributed by atoms with E-state index in [4.69, 9.17) is 0 Å². The molecule has 0 amide bonds. The first kappa shape index (κ1) is 15.0. The van der Waals surface area contributed by atoms with Crippen LogP contribution < -0.4 is 0 Å². The first-order valence-electron chi connectivity index (χ1n) is 5.70. The highest BCUT2D eigenvalue weighted by molar-refractivity contribution is 7.89. The van der Waals surface area contributed by atoms with Crippen LogP contribution in [0, 0.1) is 11.6 Å². The smallest absolute Gasteiger partial charge is 0.212 e. The summed E-state index contributed by atoms with van der Waals surface area (Å²) in [7, 11) is -1.92. The molecular weight excluding hydrogens is 260 g/mol. The predicted molar refractivity (Wildman–Crippen MR) is 66.6 cm³/mol. The van der Waals surface area contributed by atoms with Gasteiger partial charge in [-0.2, -0.15) is 4.31 Å². The molecule has 0 fully saturated rings. The summed E-state index contributed by atoms with van der Waals surface area (Å²) >= 11 is 0. The fraction of sp³-hybridized carbons (Fsp3) is 0.500. The van der Waals surface area contributed by atoms with Crippen LogP contribution in [0.5, 0.6) is 0 Å². The summed E-state index contributed by atoms with van der Waals surface area (Å²) in [6.45, 7) is 3.41. The van der Waals surface area contributed by atoms with Crippen molar-refractivity contribution in [1.82, 2.24) is 4.31 Å². The summed E-state index contributed by atoms with van der Waals surface area (Å²) < 4.78 is 50.8. The van der Waals surface area contributed by atoms with Gasteiger partial charge in [-0.05, 0) is 31.0 Å². The first-order valence-corrected chi connectivity index (χ1v) is 7.31. The van der Waals surface area contributed by atoms with Crippen LogP contribution in [0.3, 0.4) is 0 Å². The second kappa shape index (κ2) is 5.75. The zero-order valence-electron chi connectivity index (χ0n) is 10.7.